The van der Waals surface area contributed by atoms with E-state index in [0.29, 0.717) is 29.1 Å². The first-order valence-electron chi connectivity index (χ1n) is 9.54. The molecule has 31 heavy (non-hydrogen) atoms. The average molecular weight is 441 g/mol. The lowest BCUT2D eigenvalue weighted by atomic mass is 10.1. The summed E-state index contributed by atoms with van der Waals surface area (Å²) < 4.78 is 38.8. The number of aromatic amines is 1. The van der Waals surface area contributed by atoms with Gasteiger partial charge in [0.15, 0.2) is 0 Å². The number of amides is 1. The summed E-state index contributed by atoms with van der Waals surface area (Å²) >= 11 is 1.66. The third kappa shape index (κ3) is 5.03. The van der Waals surface area contributed by atoms with Crippen LogP contribution in [-0.2, 0) is 12.6 Å². The van der Waals surface area contributed by atoms with Gasteiger partial charge in [-0.1, -0.05) is 30.3 Å². The Morgan fingerprint density at radius 3 is 2.52 bits per heavy atom. The van der Waals surface area contributed by atoms with Crippen molar-refractivity contribution >= 4 is 17.2 Å². The number of rotatable bonds is 6. The van der Waals surface area contributed by atoms with Gasteiger partial charge in [-0.25, -0.2) is 0 Å². The third-order valence-corrected chi connectivity index (χ3v) is 5.69. The molecular weight excluding hydrogens is 423 g/mol. The molecular formula is C23H18F3N3OS. The molecule has 0 radical (unpaired) electrons. The third-order valence-electron chi connectivity index (χ3n) is 4.76. The van der Waals surface area contributed by atoms with Crippen LogP contribution in [0.2, 0.25) is 0 Å². The number of hydrogen-bond acceptors (Lipinski definition) is 3. The smallest absolute Gasteiger partial charge is 0.352 e. The average Bonchev–Trinajstić information content (AvgIpc) is 3.46. The van der Waals surface area contributed by atoms with Crippen molar-refractivity contribution in [2.45, 2.75) is 12.6 Å². The van der Waals surface area contributed by atoms with Crippen LogP contribution in [0, 0.1) is 0 Å². The number of benzene rings is 2. The van der Waals surface area contributed by atoms with E-state index in [4.69, 9.17) is 0 Å². The van der Waals surface area contributed by atoms with Crippen molar-refractivity contribution in [1.82, 2.24) is 15.5 Å². The van der Waals surface area contributed by atoms with E-state index in [-0.39, 0.29) is 5.91 Å². The minimum Gasteiger partial charge on any atom is -0.352 e. The lowest BCUT2D eigenvalue weighted by Crippen LogP contribution is -2.25. The Bertz CT molecular complexity index is 1170. The number of aromatic nitrogens is 2. The standard InChI is InChI=1S/C23H18F3N3OS/c24-23(25,26)18-4-1-3-17(13-18)21-14-20(28-29-21)15-6-8-16(9-7-15)22(30)27-11-10-19-5-2-12-31-19/h1-9,12-14H,10-11H2,(H,27,30)(H,28,29). The van der Waals surface area contributed by atoms with Crippen LogP contribution in [0.1, 0.15) is 20.8 Å². The first-order valence-corrected chi connectivity index (χ1v) is 10.4. The number of alkyl halides is 3. The molecule has 2 heterocycles. The summed E-state index contributed by atoms with van der Waals surface area (Å²) in [5.74, 6) is -0.155. The van der Waals surface area contributed by atoms with Crippen LogP contribution in [0.25, 0.3) is 22.5 Å². The zero-order chi connectivity index (χ0) is 21.8. The Morgan fingerprint density at radius 1 is 1.00 bits per heavy atom. The monoisotopic (exact) mass is 441 g/mol. The van der Waals surface area contributed by atoms with Crippen molar-refractivity contribution < 1.29 is 18.0 Å². The number of carbonyl (C=O) groups excluding carboxylic acids is 1. The van der Waals surface area contributed by atoms with Crippen molar-refractivity contribution in [3.63, 3.8) is 0 Å². The molecule has 2 aromatic heterocycles. The van der Waals surface area contributed by atoms with Crippen LogP contribution in [0.4, 0.5) is 13.2 Å². The first-order chi connectivity index (χ1) is 14.9. The maximum atomic E-state index is 12.9. The van der Waals surface area contributed by atoms with Crippen LogP contribution in [-0.4, -0.2) is 22.6 Å². The Labute approximate surface area is 180 Å². The second-order valence-corrected chi connectivity index (χ2v) is 7.94. The van der Waals surface area contributed by atoms with Crippen LogP contribution in [0.3, 0.4) is 0 Å². The quantitative estimate of drug-likeness (QED) is 0.398. The van der Waals surface area contributed by atoms with E-state index < -0.39 is 11.7 Å². The second-order valence-electron chi connectivity index (χ2n) is 6.91. The fourth-order valence-electron chi connectivity index (χ4n) is 3.13. The molecule has 0 aliphatic heterocycles. The van der Waals surface area contributed by atoms with Crippen molar-refractivity contribution in [2.24, 2.45) is 0 Å². The molecule has 1 amide bonds. The van der Waals surface area contributed by atoms with Gasteiger partial charge in [-0.15, -0.1) is 11.3 Å². The van der Waals surface area contributed by atoms with E-state index in [1.807, 2.05) is 17.5 Å². The molecule has 0 fully saturated rings. The Balaban J connectivity index is 1.43. The molecule has 4 aromatic rings. The molecule has 158 valence electrons. The number of thiophene rings is 1. The number of carbonyl (C=O) groups is 1. The molecule has 0 aliphatic carbocycles. The predicted octanol–water partition coefficient (Wildman–Crippen LogP) is 5.80. The van der Waals surface area contributed by atoms with Gasteiger partial charge >= 0.3 is 6.18 Å². The summed E-state index contributed by atoms with van der Waals surface area (Å²) in [7, 11) is 0. The van der Waals surface area contributed by atoms with Gasteiger partial charge in [0.25, 0.3) is 5.91 Å². The highest BCUT2D eigenvalue weighted by atomic mass is 32.1. The molecule has 0 saturated carbocycles. The fourth-order valence-corrected chi connectivity index (χ4v) is 3.84. The number of nitrogens with zero attached hydrogens (tertiary/aromatic N) is 1. The highest BCUT2D eigenvalue weighted by Gasteiger charge is 2.30. The molecule has 2 aromatic carbocycles. The van der Waals surface area contributed by atoms with Gasteiger partial charge in [0, 0.05) is 22.5 Å². The van der Waals surface area contributed by atoms with Gasteiger partial charge in [0.1, 0.15) is 0 Å². The Hall–Kier alpha value is -3.39. The van der Waals surface area contributed by atoms with E-state index >= 15 is 0 Å². The molecule has 0 aliphatic rings. The van der Waals surface area contributed by atoms with Crippen molar-refractivity contribution in [3.8, 4) is 22.5 Å². The highest BCUT2D eigenvalue weighted by molar-refractivity contribution is 7.09. The van der Waals surface area contributed by atoms with Crippen molar-refractivity contribution in [2.75, 3.05) is 6.54 Å². The lowest BCUT2D eigenvalue weighted by molar-refractivity contribution is -0.137. The van der Waals surface area contributed by atoms with Gasteiger partial charge in [-0.05, 0) is 53.8 Å². The normalized spacial score (nSPS) is 11.5. The number of nitrogens with one attached hydrogen (secondary N) is 2. The molecule has 4 nitrogen and oxygen atoms in total. The summed E-state index contributed by atoms with van der Waals surface area (Å²) in [5.41, 5.74) is 2.03. The van der Waals surface area contributed by atoms with Gasteiger partial charge in [-0.3, -0.25) is 9.89 Å². The molecule has 0 atom stereocenters. The Morgan fingerprint density at radius 2 is 1.81 bits per heavy atom. The zero-order valence-corrected chi connectivity index (χ0v) is 17.1. The van der Waals surface area contributed by atoms with E-state index in [2.05, 4.69) is 15.5 Å². The van der Waals surface area contributed by atoms with Crippen LogP contribution >= 0.6 is 11.3 Å². The summed E-state index contributed by atoms with van der Waals surface area (Å²) in [6, 6.07) is 17.7. The van der Waals surface area contributed by atoms with Gasteiger partial charge in [0.05, 0.1) is 17.0 Å². The van der Waals surface area contributed by atoms with E-state index in [1.165, 1.54) is 10.9 Å². The molecule has 0 saturated heterocycles. The molecule has 2 N–H and O–H groups in total. The Kier molecular flexibility index (Phi) is 5.90. The molecule has 4 rings (SSSR count). The van der Waals surface area contributed by atoms with Crippen molar-refractivity contribution in [3.05, 3.63) is 88.1 Å². The summed E-state index contributed by atoms with van der Waals surface area (Å²) in [5, 5.41) is 11.9. The largest absolute Gasteiger partial charge is 0.416 e. The predicted molar refractivity (Wildman–Crippen MR) is 115 cm³/mol. The lowest BCUT2D eigenvalue weighted by Gasteiger charge is -2.07. The van der Waals surface area contributed by atoms with Gasteiger partial charge in [0.2, 0.25) is 0 Å². The molecule has 0 unspecified atom stereocenters. The molecule has 0 spiro atoms. The fraction of sp³-hybridized carbons (Fsp3) is 0.130. The van der Waals surface area contributed by atoms with Crippen LogP contribution < -0.4 is 5.32 Å². The highest BCUT2D eigenvalue weighted by Crippen LogP contribution is 2.32. The first kappa shape index (κ1) is 20.9. The SMILES string of the molecule is O=C(NCCc1cccs1)c1ccc(-c2cc(-c3cccc(C(F)(F)F)c3)n[nH]2)cc1. The topological polar surface area (TPSA) is 57.8 Å². The van der Waals surface area contributed by atoms with Gasteiger partial charge < -0.3 is 5.32 Å². The van der Waals surface area contributed by atoms with E-state index in [9.17, 15) is 18.0 Å². The second kappa shape index (κ2) is 8.77. The maximum absolute atomic E-state index is 12.9. The van der Waals surface area contributed by atoms with Gasteiger partial charge in [-0.2, -0.15) is 18.3 Å². The zero-order valence-electron chi connectivity index (χ0n) is 16.2. The van der Waals surface area contributed by atoms with E-state index in [1.54, 1.807) is 47.7 Å². The molecule has 0 bridgehead atoms. The van der Waals surface area contributed by atoms with E-state index in [0.717, 1.165) is 24.1 Å². The minimum absolute atomic E-state index is 0.155. The van der Waals surface area contributed by atoms with Crippen LogP contribution in [0.5, 0.6) is 0 Å². The number of halogens is 3. The summed E-state index contributed by atoms with van der Waals surface area (Å²) in [6.07, 6.45) is -3.62. The van der Waals surface area contributed by atoms with Crippen LogP contribution in [0.15, 0.2) is 72.1 Å². The minimum atomic E-state index is -4.41. The van der Waals surface area contributed by atoms with Crippen molar-refractivity contribution in [1.29, 1.82) is 0 Å². The number of H-pyrrole nitrogens is 1. The number of hydrogen-bond donors (Lipinski definition) is 2. The summed E-state index contributed by atoms with van der Waals surface area (Å²) in [6.45, 7) is 0.558. The summed E-state index contributed by atoms with van der Waals surface area (Å²) in [4.78, 5) is 13.5. The molecule has 8 heteroatoms. The maximum Gasteiger partial charge on any atom is 0.416 e.